The van der Waals surface area contributed by atoms with Crippen LogP contribution in [0.3, 0.4) is 0 Å². The van der Waals surface area contributed by atoms with E-state index in [1.807, 2.05) is 48.5 Å². The second-order valence-electron chi connectivity index (χ2n) is 18.3. The lowest BCUT2D eigenvalue weighted by atomic mass is 9.44. The minimum Gasteiger partial charge on any atom is -0.458 e. The highest BCUT2D eigenvalue weighted by molar-refractivity contribution is 6.01. The molecule has 310 valence electrons. The summed E-state index contributed by atoms with van der Waals surface area (Å²) in [7, 11) is 0. The predicted molar refractivity (Wildman–Crippen MR) is 211 cm³/mol. The van der Waals surface area contributed by atoms with Crippen LogP contribution in [0.1, 0.15) is 97.1 Å². The molecule has 5 aliphatic carbocycles. The molecule has 0 bridgehead atoms. The summed E-state index contributed by atoms with van der Waals surface area (Å²) in [6.45, 7) is 9.36. The molecule has 2 aromatic rings. The first-order valence-corrected chi connectivity index (χ1v) is 20.3. The maximum Gasteiger partial charge on any atom is 0.407 e. The molecule has 0 aliphatic heterocycles. The number of benzene rings is 2. The van der Waals surface area contributed by atoms with Crippen LogP contribution >= 0.6 is 0 Å². The standard InChI is InChI=1S/C46H54FNO10/c1-26-21-35-34-16-15-27-22-28(49)19-20-43(27,5)45(34,47)37(50)23-44(35,6)46(26,55)38(51)25-56-39(52)18-17-36(40(53)58-42(2,3)4)48-41(54)57-24-33-31-13-9-7-11-29(31)30-12-8-10-14-32(30)33/h7-14,19-20,22,26,33-37,50,55H,15-18,21,23-25H2,1-6H3,(H,48,54)/t26-,34+,35+,36+,37+,43+,44+,45+,46+/m1/s1. The third-order valence-electron chi connectivity index (χ3n) is 14.0. The molecular weight excluding hydrogens is 746 g/mol. The first-order valence-electron chi connectivity index (χ1n) is 20.3. The number of amides is 1. The van der Waals surface area contributed by atoms with Crippen molar-refractivity contribution in [3.05, 3.63) is 83.5 Å². The molecule has 7 rings (SSSR count). The number of rotatable bonds is 10. The Kier molecular flexibility index (Phi) is 10.6. The SMILES string of the molecule is C[C@@H]1C[C@H]2[C@@H]3CCC4=CC(=O)C=C[C@]4(C)[C@@]3(F)[C@@H](O)C[C@]2(C)[C@@]1(O)C(=O)COC(=O)CC[C@H](NC(=O)OCC1c2ccccc2-c2ccccc21)C(=O)OC(C)(C)C. The van der Waals surface area contributed by atoms with Gasteiger partial charge in [-0.25, -0.2) is 14.0 Å². The van der Waals surface area contributed by atoms with E-state index >= 15 is 4.39 Å². The summed E-state index contributed by atoms with van der Waals surface area (Å²) in [6.07, 6.45) is 2.20. The van der Waals surface area contributed by atoms with Gasteiger partial charge in [0, 0.05) is 29.1 Å². The number of hydrogen-bond acceptors (Lipinski definition) is 10. The maximum absolute atomic E-state index is 17.5. The molecule has 0 saturated heterocycles. The van der Waals surface area contributed by atoms with Crippen LogP contribution in [0.2, 0.25) is 0 Å². The first-order chi connectivity index (χ1) is 27.2. The van der Waals surface area contributed by atoms with Crippen molar-refractivity contribution >= 4 is 29.6 Å². The summed E-state index contributed by atoms with van der Waals surface area (Å²) in [5.41, 5.74) is -2.74. The highest BCUT2D eigenvalue weighted by Gasteiger charge is 2.75. The summed E-state index contributed by atoms with van der Waals surface area (Å²) in [5.74, 6) is -4.66. The van der Waals surface area contributed by atoms with Gasteiger partial charge < -0.3 is 29.7 Å². The number of hydrogen-bond donors (Lipinski definition) is 3. The Morgan fingerprint density at radius 2 is 1.62 bits per heavy atom. The Balaban J connectivity index is 0.987. The number of ether oxygens (including phenoxy) is 3. The summed E-state index contributed by atoms with van der Waals surface area (Å²) in [5, 5.41) is 26.5. The number of esters is 2. The molecule has 0 radical (unpaired) electrons. The number of aliphatic hydroxyl groups is 2. The van der Waals surface area contributed by atoms with Crippen LogP contribution in [-0.4, -0.2) is 82.0 Å². The largest absolute Gasteiger partial charge is 0.458 e. The molecule has 2 aromatic carbocycles. The minimum atomic E-state index is -2.13. The fourth-order valence-electron chi connectivity index (χ4n) is 11.1. The fraction of sp³-hybridized carbons (Fsp3) is 0.543. The predicted octanol–water partition coefficient (Wildman–Crippen LogP) is 6.48. The van der Waals surface area contributed by atoms with E-state index in [-0.39, 0.29) is 37.6 Å². The number of nitrogens with one attached hydrogen (secondary N) is 1. The van der Waals surface area contributed by atoms with Gasteiger partial charge in [-0.05, 0) is 106 Å². The van der Waals surface area contributed by atoms with Gasteiger partial charge in [-0.3, -0.25) is 14.4 Å². The first kappa shape index (κ1) is 41.5. The van der Waals surface area contributed by atoms with Crippen molar-refractivity contribution in [2.45, 2.75) is 115 Å². The highest BCUT2D eigenvalue weighted by Crippen LogP contribution is 2.70. The molecule has 1 amide bonds. The molecule has 0 unspecified atom stereocenters. The fourth-order valence-corrected chi connectivity index (χ4v) is 11.1. The van der Waals surface area contributed by atoms with Gasteiger partial charge in [-0.1, -0.05) is 74.0 Å². The zero-order chi connectivity index (χ0) is 42.0. The van der Waals surface area contributed by atoms with E-state index in [1.54, 1.807) is 47.6 Å². The van der Waals surface area contributed by atoms with E-state index in [0.29, 0.717) is 24.8 Å². The molecule has 5 aliphatic rings. The van der Waals surface area contributed by atoms with E-state index in [9.17, 15) is 34.2 Å². The molecule has 0 aromatic heterocycles. The minimum absolute atomic E-state index is 0.00566. The monoisotopic (exact) mass is 799 g/mol. The zero-order valence-corrected chi connectivity index (χ0v) is 34.0. The lowest BCUT2D eigenvalue weighted by Gasteiger charge is -2.62. The Morgan fingerprint density at radius 1 is 0.983 bits per heavy atom. The Morgan fingerprint density at radius 3 is 2.26 bits per heavy atom. The van der Waals surface area contributed by atoms with Crippen LogP contribution in [0.5, 0.6) is 0 Å². The van der Waals surface area contributed by atoms with Gasteiger partial charge in [0.2, 0.25) is 5.78 Å². The van der Waals surface area contributed by atoms with Gasteiger partial charge in [-0.2, -0.15) is 0 Å². The quantitative estimate of drug-likeness (QED) is 0.179. The average molecular weight is 800 g/mol. The van der Waals surface area contributed by atoms with Crippen LogP contribution in [-0.2, 0) is 33.4 Å². The van der Waals surface area contributed by atoms with Crippen molar-refractivity contribution in [3.63, 3.8) is 0 Å². The van der Waals surface area contributed by atoms with Crippen LogP contribution < -0.4 is 5.32 Å². The molecule has 3 saturated carbocycles. The molecular formula is C46H54FNO10. The van der Waals surface area contributed by atoms with Crippen molar-refractivity contribution in [1.82, 2.24) is 5.32 Å². The molecule has 12 heteroatoms. The van der Waals surface area contributed by atoms with Crippen LogP contribution in [0.25, 0.3) is 11.1 Å². The number of allylic oxidation sites excluding steroid dienone is 4. The number of halogens is 1. The van der Waals surface area contributed by atoms with Crippen LogP contribution in [0, 0.1) is 28.6 Å². The number of aliphatic hydroxyl groups excluding tert-OH is 1. The van der Waals surface area contributed by atoms with Crippen molar-refractivity contribution in [2.75, 3.05) is 13.2 Å². The molecule has 3 N–H and O–H groups in total. The van der Waals surface area contributed by atoms with Gasteiger partial charge >= 0.3 is 18.0 Å². The number of alkyl carbamates (subject to hydrolysis) is 1. The second kappa shape index (κ2) is 14.9. The topological polar surface area (TPSA) is 166 Å². The van der Waals surface area contributed by atoms with Gasteiger partial charge in [0.25, 0.3) is 0 Å². The van der Waals surface area contributed by atoms with E-state index in [0.717, 1.165) is 22.3 Å². The third kappa shape index (κ3) is 6.69. The zero-order valence-electron chi connectivity index (χ0n) is 34.0. The number of carbonyl (C=O) groups excluding carboxylic acids is 5. The molecule has 0 heterocycles. The number of ketones is 2. The molecule has 58 heavy (non-hydrogen) atoms. The van der Waals surface area contributed by atoms with Crippen molar-refractivity contribution < 1.29 is 52.8 Å². The van der Waals surface area contributed by atoms with E-state index in [1.165, 1.54) is 12.2 Å². The summed E-state index contributed by atoms with van der Waals surface area (Å²) in [4.78, 5) is 65.7. The molecule has 11 nitrogen and oxygen atoms in total. The maximum atomic E-state index is 17.5. The molecule has 0 spiro atoms. The number of alkyl halides is 1. The Hall–Kier alpha value is -4.68. The summed E-state index contributed by atoms with van der Waals surface area (Å²) in [6, 6.07) is 14.5. The van der Waals surface area contributed by atoms with Gasteiger partial charge in [0.15, 0.2) is 18.1 Å². The van der Waals surface area contributed by atoms with Gasteiger partial charge in [0.1, 0.15) is 23.9 Å². The average Bonchev–Trinajstić information content (AvgIpc) is 3.59. The van der Waals surface area contributed by atoms with E-state index in [4.69, 9.17) is 14.2 Å². The number of fused-ring (bicyclic) bond motifs is 8. The van der Waals surface area contributed by atoms with E-state index in [2.05, 4.69) is 5.32 Å². The molecule has 9 atom stereocenters. The Labute approximate surface area is 338 Å². The number of Topliss-reactive ketones (excluding diaryl/α,β-unsaturated/α-hetero) is 1. The van der Waals surface area contributed by atoms with Crippen molar-refractivity contribution in [3.8, 4) is 11.1 Å². The summed E-state index contributed by atoms with van der Waals surface area (Å²) < 4.78 is 34.1. The van der Waals surface area contributed by atoms with Crippen molar-refractivity contribution in [1.29, 1.82) is 0 Å². The molecule has 3 fully saturated rings. The van der Waals surface area contributed by atoms with E-state index < -0.39 is 88.0 Å². The van der Waals surface area contributed by atoms with Crippen LogP contribution in [0.4, 0.5) is 9.18 Å². The smallest absolute Gasteiger partial charge is 0.407 e. The lowest BCUT2D eigenvalue weighted by Crippen LogP contribution is -2.69. The normalized spacial score (nSPS) is 32.7. The summed E-state index contributed by atoms with van der Waals surface area (Å²) >= 11 is 0. The highest BCUT2D eigenvalue weighted by atomic mass is 19.1. The van der Waals surface area contributed by atoms with Crippen LogP contribution in [0.15, 0.2) is 72.3 Å². The Bertz CT molecular complexity index is 2040. The third-order valence-corrected chi connectivity index (χ3v) is 14.0. The number of carbonyl (C=O) groups is 5. The lowest BCUT2D eigenvalue weighted by molar-refractivity contribution is -0.220. The van der Waals surface area contributed by atoms with Crippen molar-refractivity contribution in [2.24, 2.45) is 28.6 Å². The van der Waals surface area contributed by atoms with Gasteiger partial charge in [-0.15, -0.1) is 0 Å². The van der Waals surface area contributed by atoms with Gasteiger partial charge in [0.05, 0.1) is 6.10 Å². The second-order valence-corrected chi connectivity index (χ2v) is 18.3.